The number of ether oxygens (including phenoxy) is 2. The van der Waals surface area contributed by atoms with Gasteiger partial charge in [-0.2, -0.15) is 0 Å². The molecule has 0 aliphatic carbocycles. The van der Waals surface area contributed by atoms with E-state index in [1.54, 1.807) is 7.11 Å². The van der Waals surface area contributed by atoms with E-state index in [-0.39, 0.29) is 17.4 Å². The van der Waals surface area contributed by atoms with Gasteiger partial charge < -0.3 is 14.8 Å². The summed E-state index contributed by atoms with van der Waals surface area (Å²) < 4.78 is 12.1. The minimum absolute atomic E-state index is 0.132. The largest absolute Gasteiger partial charge is 0.496 e. The van der Waals surface area contributed by atoms with Gasteiger partial charge in [0.25, 0.3) is 0 Å². The van der Waals surface area contributed by atoms with Crippen LogP contribution in [0.15, 0.2) is 36.4 Å². The zero-order chi connectivity index (χ0) is 21.8. The predicted octanol–water partition coefficient (Wildman–Crippen LogP) is 6.41. The number of allylic oxidation sites excluding steroid dienone is 1. The van der Waals surface area contributed by atoms with Crippen molar-refractivity contribution in [2.75, 3.05) is 12.4 Å². The van der Waals surface area contributed by atoms with E-state index in [0.29, 0.717) is 6.42 Å². The average molecular weight is 406 g/mol. The Bertz CT molecular complexity index is 1060. The number of methoxy groups -OCH3 is 1. The van der Waals surface area contributed by atoms with Gasteiger partial charge in [0.05, 0.1) is 18.2 Å². The van der Waals surface area contributed by atoms with Gasteiger partial charge in [-0.3, -0.25) is 4.79 Å². The molecule has 0 amide bonds. The highest BCUT2D eigenvalue weighted by atomic mass is 16.5. The number of hydrogen-bond donors (Lipinski definition) is 1. The highest BCUT2D eigenvalue weighted by Gasteiger charge is 2.37. The van der Waals surface area contributed by atoms with E-state index in [9.17, 15) is 4.79 Å². The Hall–Kier alpha value is -2.75. The van der Waals surface area contributed by atoms with Crippen molar-refractivity contribution in [3.05, 3.63) is 47.5 Å². The molecular formula is C26H31NO3. The molecule has 0 radical (unpaired) electrons. The summed E-state index contributed by atoms with van der Waals surface area (Å²) in [5, 5.41) is 3.63. The quantitative estimate of drug-likeness (QED) is 0.641. The fourth-order valence-corrected chi connectivity index (χ4v) is 4.57. The number of fused-ring (bicyclic) bond motifs is 5. The van der Waals surface area contributed by atoms with E-state index in [4.69, 9.17) is 9.47 Å². The van der Waals surface area contributed by atoms with Crippen molar-refractivity contribution in [2.45, 2.75) is 59.6 Å². The summed E-state index contributed by atoms with van der Waals surface area (Å²) in [7, 11) is 1.68. The second-order valence-electron chi connectivity index (χ2n) is 9.94. The fraction of sp³-hybridized carbons (Fsp3) is 0.423. The number of benzene rings is 2. The highest BCUT2D eigenvalue weighted by molar-refractivity contribution is 5.92. The molecule has 1 unspecified atom stereocenters. The van der Waals surface area contributed by atoms with Crippen molar-refractivity contribution in [3.8, 4) is 22.6 Å². The van der Waals surface area contributed by atoms with Crippen LogP contribution in [0.1, 0.15) is 65.2 Å². The summed E-state index contributed by atoms with van der Waals surface area (Å²) in [5.41, 5.74) is 5.96. The van der Waals surface area contributed by atoms with Gasteiger partial charge in [-0.25, -0.2) is 0 Å². The molecule has 2 aliphatic rings. The van der Waals surface area contributed by atoms with Crippen LogP contribution >= 0.6 is 0 Å². The molecule has 0 bridgehead atoms. The number of rotatable bonds is 3. The molecule has 1 N–H and O–H groups in total. The molecule has 0 saturated heterocycles. The van der Waals surface area contributed by atoms with Gasteiger partial charge in [0, 0.05) is 28.7 Å². The molecule has 0 fully saturated rings. The average Bonchev–Trinajstić information content (AvgIpc) is 2.65. The summed E-state index contributed by atoms with van der Waals surface area (Å²) in [5.74, 6) is 1.73. The Morgan fingerprint density at radius 2 is 1.90 bits per heavy atom. The number of hydrogen-bond acceptors (Lipinski definition) is 4. The van der Waals surface area contributed by atoms with Crippen LogP contribution < -0.4 is 14.8 Å². The first-order valence-corrected chi connectivity index (χ1v) is 10.5. The number of ketones is 1. The molecule has 0 saturated carbocycles. The summed E-state index contributed by atoms with van der Waals surface area (Å²) in [6, 6.07) is 10.1. The van der Waals surface area contributed by atoms with Gasteiger partial charge in [0.1, 0.15) is 23.4 Å². The third kappa shape index (κ3) is 3.38. The maximum atomic E-state index is 13.0. The lowest BCUT2D eigenvalue weighted by Crippen LogP contribution is -2.33. The Morgan fingerprint density at radius 1 is 1.17 bits per heavy atom. The normalized spacial score (nSPS) is 18.8. The van der Waals surface area contributed by atoms with Gasteiger partial charge >= 0.3 is 0 Å². The lowest BCUT2D eigenvalue weighted by molar-refractivity contribution is -0.128. The van der Waals surface area contributed by atoms with Crippen LogP contribution in [0, 0.1) is 5.41 Å². The third-order valence-electron chi connectivity index (χ3n) is 5.95. The standard InChI is InChI=1S/C26H31NO3/c1-15-14-26(5,6)27-17-12-11-16-23-18(29-7)9-8-10-19(23)30-20(24(16)22(15)17)13-21(28)25(2,3)4/h8-12,14,20,27H,13H2,1-7H3. The van der Waals surface area contributed by atoms with E-state index in [2.05, 4.69) is 44.3 Å². The maximum absolute atomic E-state index is 13.0. The van der Waals surface area contributed by atoms with Gasteiger partial charge in [0.2, 0.25) is 0 Å². The number of anilines is 1. The minimum Gasteiger partial charge on any atom is -0.496 e. The molecule has 2 heterocycles. The lowest BCUT2D eigenvalue weighted by Gasteiger charge is -2.37. The summed E-state index contributed by atoms with van der Waals surface area (Å²) in [4.78, 5) is 13.0. The molecule has 2 aromatic carbocycles. The summed E-state index contributed by atoms with van der Waals surface area (Å²) in [6.07, 6.45) is 2.24. The van der Waals surface area contributed by atoms with Crippen LogP contribution in [-0.4, -0.2) is 18.4 Å². The van der Waals surface area contributed by atoms with E-state index in [1.165, 1.54) is 5.57 Å². The maximum Gasteiger partial charge on any atom is 0.142 e. The zero-order valence-corrected chi connectivity index (χ0v) is 19.0. The first-order chi connectivity index (χ1) is 14.0. The third-order valence-corrected chi connectivity index (χ3v) is 5.95. The van der Waals surface area contributed by atoms with Crippen LogP contribution in [0.4, 0.5) is 5.69 Å². The molecule has 2 aromatic rings. The predicted molar refractivity (Wildman–Crippen MR) is 122 cm³/mol. The highest BCUT2D eigenvalue weighted by Crippen LogP contribution is 2.52. The van der Waals surface area contributed by atoms with Crippen molar-refractivity contribution in [2.24, 2.45) is 5.41 Å². The Balaban J connectivity index is 1.96. The van der Waals surface area contributed by atoms with Crippen LogP contribution in [0.2, 0.25) is 0 Å². The smallest absolute Gasteiger partial charge is 0.142 e. The molecule has 4 rings (SSSR count). The monoisotopic (exact) mass is 405 g/mol. The minimum atomic E-state index is -0.419. The number of carbonyl (C=O) groups excluding carboxylic acids is 1. The molecule has 2 aliphatic heterocycles. The van der Waals surface area contributed by atoms with Crippen molar-refractivity contribution in [1.82, 2.24) is 0 Å². The molecule has 4 nitrogen and oxygen atoms in total. The van der Waals surface area contributed by atoms with Crippen LogP contribution in [0.25, 0.3) is 16.7 Å². The van der Waals surface area contributed by atoms with E-state index in [0.717, 1.165) is 39.4 Å². The molecule has 158 valence electrons. The lowest BCUT2D eigenvalue weighted by atomic mass is 9.79. The Kier molecular flexibility index (Phi) is 4.72. The number of carbonyl (C=O) groups is 1. The van der Waals surface area contributed by atoms with Crippen molar-refractivity contribution in [1.29, 1.82) is 0 Å². The zero-order valence-electron chi connectivity index (χ0n) is 19.0. The number of nitrogens with one attached hydrogen (secondary N) is 1. The van der Waals surface area contributed by atoms with Crippen LogP contribution in [-0.2, 0) is 4.79 Å². The topological polar surface area (TPSA) is 47.6 Å². The molecule has 4 heteroatoms. The molecule has 30 heavy (non-hydrogen) atoms. The first-order valence-electron chi connectivity index (χ1n) is 10.5. The first kappa shape index (κ1) is 20.5. The number of Topliss-reactive ketones (excluding diaryl/α,β-unsaturated/α-hetero) is 1. The molecule has 0 spiro atoms. The Morgan fingerprint density at radius 3 is 2.57 bits per heavy atom. The van der Waals surface area contributed by atoms with Crippen molar-refractivity contribution in [3.63, 3.8) is 0 Å². The van der Waals surface area contributed by atoms with Gasteiger partial charge in [0.15, 0.2) is 0 Å². The summed E-state index contributed by atoms with van der Waals surface area (Å²) >= 11 is 0. The molecular weight excluding hydrogens is 374 g/mol. The SMILES string of the molecule is COc1cccc2c1-c1ccc3c(c1C(CC(=O)C(C)(C)C)O2)C(C)=CC(C)(C)N3. The van der Waals surface area contributed by atoms with Crippen molar-refractivity contribution < 1.29 is 14.3 Å². The van der Waals surface area contributed by atoms with Gasteiger partial charge in [-0.15, -0.1) is 0 Å². The Labute approximate surface area is 179 Å². The summed E-state index contributed by atoms with van der Waals surface area (Å²) in [6.45, 7) is 12.4. The second kappa shape index (κ2) is 6.90. The molecule has 1 atom stereocenters. The van der Waals surface area contributed by atoms with Gasteiger partial charge in [-0.1, -0.05) is 39.0 Å². The van der Waals surface area contributed by atoms with Gasteiger partial charge in [-0.05, 0) is 50.1 Å². The van der Waals surface area contributed by atoms with E-state index >= 15 is 0 Å². The second-order valence-corrected chi connectivity index (χ2v) is 9.94. The fourth-order valence-electron chi connectivity index (χ4n) is 4.57. The molecule has 0 aromatic heterocycles. The van der Waals surface area contributed by atoms with E-state index < -0.39 is 5.41 Å². The van der Waals surface area contributed by atoms with Crippen LogP contribution in [0.5, 0.6) is 11.5 Å². The van der Waals surface area contributed by atoms with Crippen LogP contribution in [0.3, 0.4) is 0 Å². The van der Waals surface area contributed by atoms with E-state index in [1.807, 2.05) is 39.0 Å². The van der Waals surface area contributed by atoms with Crippen molar-refractivity contribution >= 4 is 17.0 Å².